The number of likely N-dealkylation sites (N-methyl/N-ethyl adjacent to an activating group) is 1. The maximum atomic E-state index is 5.83. The second-order valence-corrected chi connectivity index (χ2v) is 5.49. The average molecular weight is 276 g/mol. The van der Waals surface area contributed by atoms with E-state index in [0.29, 0.717) is 5.92 Å². The van der Waals surface area contributed by atoms with Gasteiger partial charge in [-0.1, -0.05) is 26.0 Å². The first-order valence-corrected chi connectivity index (χ1v) is 7.99. The lowest BCUT2D eigenvalue weighted by Crippen LogP contribution is -2.28. The van der Waals surface area contributed by atoms with Crippen LogP contribution in [0.5, 0.6) is 5.75 Å². The highest BCUT2D eigenvalue weighted by atomic mass is 16.5. The van der Waals surface area contributed by atoms with Crippen molar-refractivity contribution in [3.8, 4) is 5.75 Å². The number of rotatable bonds is 7. The number of nitrogens with zero attached hydrogens (tertiary/aromatic N) is 1. The molecular weight excluding hydrogens is 248 g/mol. The van der Waals surface area contributed by atoms with E-state index in [4.69, 9.17) is 4.74 Å². The van der Waals surface area contributed by atoms with Crippen molar-refractivity contribution in [1.29, 1.82) is 0 Å². The molecular formula is C17H28N2O. The molecule has 20 heavy (non-hydrogen) atoms. The Labute approximate surface area is 123 Å². The number of benzene rings is 1. The van der Waals surface area contributed by atoms with Crippen LogP contribution >= 0.6 is 0 Å². The third-order valence-corrected chi connectivity index (χ3v) is 4.22. The zero-order valence-electron chi connectivity index (χ0n) is 12.9. The topological polar surface area (TPSA) is 24.5 Å². The van der Waals surface area contributed by atoms with Gasteiger partial charge in [0.05, 0.1) is 0 Å². The van der Waals surface area contributed by atoms with Crippen LogP contribution in [0.15, 0.2) is 24.3 Å². The molecule has 0 bridgehead atoms. The summed E-state index contributed by atoms with van der Waals surface area (Å²) in [4.78, 5) is 2.38. The molecule has 0 radical (unpaired) electrons. The van der Waals surface area contributed by atoms with E-state index in [9.17, 15) is 0 Å². The fourth-order valence-electron chi connectivity index (χ4n) is 2.80. The summed E-state index contributed by atoms with van der Waals surface area (Å²) in [6, 6.07) is 8.69. The van der Waals surface area contributed by atoms with E-state index in [-0.39, 0.29) is 0 Å². The van der Waals surface area contributed by atoms with Crippen molar-refractivity contribution in [3.05, 3.63) is 29.8 Å². The molecule has 3 heteroatoms. The van der Waals surface area contributed by atoms with E-state index in [2.05, 4.69) is 48.3 Å². The minimum absolute atomic E-state index is 0.675. The van der Waals surface area contributed by atoms with E-state index in [0.717, 1.165) is 38.5 Å². The molecule has 1 aromatic carbocycles. The second-order valence-electron chi connectivity index (χ2n) is 5.49. The van der Waals surface area contributed by atoms with Crippen molar-refractivity contribution in [2.75, 3.05) is 39.3 Å². The van der Waals surface area contributed by atoms with Gasteiger partial charge < -0.3 is 15.0 Å². The van der Waals surface area contributed by atoms with Crippen molar-refractivity contribution in [2.24, 2.45) is 0 Å². The van der Waals surface area contributed by atoms with Crippen molar-refractivity contribution in [3.63, 3.8) is 0 Å². The number of hydrogen-bond donors (Lipinski definition) is 1. The minimum atomic E-state index is 0.675. The predicted molar refractivity (Wildman–Crippen MR) is 84.6 cm³/mol. The molecule has 1 aliphatic rings. The third-order valence-electron chi connectivity index (χ3n) is 4.22. The maximum absolute atomic E-state index is 5.83. The minimum Gasteiger partial charge on any atom is -0.492 e. The summed E-state index contributed by atoms with van der Waals surface area (Å²) in [5.74, 6) is 1.66. The number of piperidine rings is 1. The highest BCUT2D eigenvalue weighted by molar-refractivity contribution is 5.29. The fourth-order valence-corrected chi connectivity index (χ4v) is 2.80. The fraction of sp³-hybridized carbons (Fsp3) is 0.647. The van der Waals surface area contributed by atoms with Crippen LogP contribution in [-0.2, 0) is 0 Å². The molecule has 112 valence electrons. The number of hydrogen-bond acceptors (Lipinski definition) is 3. The van der Waals surface area contributed by atoms with Gasteiger partial charge in [0, 0.05) is 13.1 Å². The van der Waals surface area contributed by atoms with Crippen LogP contribution in [0.3, 0.4) is 0 Å². The van der Waals surface area contributed by atoms with E-state index < -0.39 is 0 Å². The summed E-state index contributed by atoms with van der Waals surface area (Å²) in [6.07, 6.45) is 2.59. The lowest BCUT2D eigenvalue weighted by molar-refractivity contribution is 0.223. The van der Waals surface area contributed by atoms with Crippen molar-refractivity contribution >= 4 is 0 Å². The molecule has 1 heterocycles. The van der Waals surface area contributed by atoms with Gasteiger partial charge in [0.15, 0.2) is 0 Å². The Kier molecular flexibility index (Phi) is 6.34. The average Bonchev–Trinajstić information content (AvgIpc) is 2.53. The number of nitrogens with one attached hydrogen (secondary N) is 1. The zero-order valence-corrected chi connectivity index (χ0v) is 12.9. The molecule has 1 aliphatic heterocycles. The summed E-state index contributed by atoms with van der Waals surface area (Å²) >= 11 is 0. The third kappa shape index (κ3) is 4.50. The lowest BCUT2D eigenvalue weighted by atomic mass is 9.92. The van der Waals surface area contributed by atoms with Gasteiger partial charge in [-0.05, 0) is 56.1 Å². The van der Waals surface area contributed by atoms with Crippen LogP contribution in [0.25, 0.3) is 0 Å². The SMILES string of the molecule is CCN(CC)CCOc1ccc(C2CCCNC2)cc1. The Morgan fingerprint density at radius 3 is 2.55 bits per heavy atom. The molecule has 0 amide bonds. The van der Waals surface area contributed by atoms with Crippen LogP contribution in [0.4, 0.5) is 0 Å². The van der Waals surface area contributed by atoms with Crippen LogP contribution in [0, 0.1) is 0 Å². The van der Waals surface area contributed by atoms with Crippen molar-refractivity contribution in [1.82, 2.24) is 10.2 Å². The smallest absolute Gasteiger partial charge is 0.119 e. The van der Waals surface area contributed by atoms with Gasteiger partial charge in [-0.25, -0.2) is 0 Å². The van der Waals surface area contributed by atoms with E-state index in [1.807, 2.05) is 0 Å². The molecule has 0 aliphatic carbocycles. The Hall–Kier alpha value is -1.06. The molecule has 3 nitrogen and oxygen atoms in total. The van der Waals surface area contributed by atoms with Gasteiger partial charge in [-0.3, -0.25) is 0 Å². The monoisotopic (exact) mass is 276 g/mol. The quantitative estimate of drug-likeness (QED) is 0.829. The predicted octanol–water partition coefficient (Wildman–Crippen LogP) is 2.87. The molecule has 0 saturated carbocycles. The maximum Gasteiger partial charge on any atom is 0.119 e. The summed E-state index contributed by atoms with van der Waals surface area (Å²) in [5, 5.41) is 3.47. The summed E-state index contributed by atoms with van der Waals surface area (Å²) in [6.45, 7) is 10.6. The van der Waals surface area contributed by atoms with E-state index >= 15 is 0 Å². The van der Waals surface area contributed by atoms with E-state index in [1.54, 1.807) is 0 Å². The van der Waals surface area contributed by atoms with Gasteiger partial charge in [0.2, 0.25) is 0 Å². The normalized spacial score (nSPS) is 19.2. The van der Waals surface area contributed by atoms with Crippen molar-refractivity contribution < 1.29 is 4.74 Å². The standard InChI is InChI=1S/C17H28N2O/c1-3-19(4-2)12-13-20-17-9-7-15(8-10-17)16-6-5-11-18-14-16/h7-10,16,18H,3-6,11-14H2,1-2H3. The van der Waals surface area contributed by atoms with Gasteiger partial charge in [0.1, 0.15) is 12.4 Å². The Bertz CT molecular complexity index is 367. The highest BCUT2D eigenvalue weighted by Crippen LogP contribution is 2.24. The van der Waals surface area contributed by atoms with Crippen molar-refractivity contribution in [2.45, 2.75) is 32.6 Å². The largest absolute Gasteiger partial charge is 0.492 e. The highest BCUT2D eigenvalue weighted by Gasteiger charge is 2.14. The molecule has 1 unspecified atom stereocenters. The molecule has 0 aromatic heterocycles. The Balaban J connectivity index is 1.79. The van der Waals surface area contributed by atoms with Gasteiger partial charge in [0.25, 0.3) is 0 Å². The summed E-state index contributed by atoms with van der Waals surface area (Å²) < 4.78 is 5.83. The molecule has 1 aromatic rings. The molecule has 1 fully saturated rings. The molecule has 1 saturated heterocycles. The summed E-state index contributed by atoms with van der Waals surface area (Å²) in [5.41, 5.74) is 1.44. The zero-order chi connectivity index (χ0) is 14.2. The van der Waals surface area contributed by atoms with Crippen LogP contribution < -0.4 is 10.1 Å². The first-order chi connectivity index (χ1) is 9.83. The number of ether oxygens (including phenoxy) is 1. The molecule has 1 N–H and O–H groups in total. The van der Waals surface area contributed by atoms with Crippen LogP contribution in [0.1, 0.15) is 38.2 Å². The van der Waals surface area contributed by atoms with E-state index in [1.165, 1.54) is 24.9 Å². The Morgan fingerprint density at radius 1 is 1.20 bits per heavy atom. The van der Waals surface area contributed by atoms with Gasteiger partial charge in [-0.2, -0.15) is 0 Å². The second kappa shape index (κ2) is 8.28. The van der Waals surface area contributed by atoms with Gasteiger partial charge >= 0.3 is 0 Å². The molecule has 2 rings (SSSR count). The first kappa shape index (κ1) is 15.3. The van der Waals surface area contributed by atoms with Crippen LogP contribution in [0.2, 0.25) is 0 Å². The molecule has 1 atom stereocenters. The summed E-state index contributed by atoms with van der Waals surface area (Å²) in [7, 11) is 0. The van der Waals surface area contributed by atoms with Gasteiger partial charge in [-0.15, -0.1) is 0 Å². The Morgan fingerprint density at radius 2 is 1.95 bits per heavy atom. The molecule has 0 spiro atoms. The van der Waals surface area contributed by atoms with Crippen LogP contribution in [-0.4, -0.2) is 44.2 Å². The lowest BCUT2D eigenvalue weighted by Gasteiger charge is -2.23. The first-order valence-electron chi connectivity index (χ1n) is 7.99.